The standard InChI is InChI=1S/C9H12N2O3/c1-2-14-9(13)7(12)3-4-8-10-5-6-11-8/h5-6H,2-4H2,1H3,(H,10,11). The van der Waals surface area contributed by atoms with E-state index in [-0.39, 0.29) is 13.0 Å². The molecule has 14 heavy (non-hydrogen) atoms. The molecule has 0 radical (unpaired) electrons. The average Bonchev–Trinajstić information content (AvgIpc) is 2.67. The highest BCUT2D eigenvalue weighted by molar-refractivity contribution is 6.33. The summed E-state index contributed by atoms with van der Waals surface area (Å²) in [7, 11) is 0. The summed E-state index contributed by atoms with van der Waals surface area (Å²) < 4.78 is 4.55. The van der Waals surface area contributed by atoms with Gasteiger partial charge in [0.25, 0.3) is 0 Å². The maximum atomic E-state index is 11.1. The largest absolute Gasteiger partial charge is 0.460 e. The SMILES string of the molecule is CCOC(=O)C(=O)CCc1ncc[nH]1. The van der Waals surface area contributed by atoms with E-state index in [0.29, 0.717) is 12.2 Å². The lowest BCUT2D eigenvalue weighted by atomic mass is 10.2. The minimum Gasteiger partial charge on any atom is -0.460 e. The van der Waals surface area contributed by atoms with Gasteiger partial charge in [-0.05, 0) is 6.92 Å². The number of nitrogens with one attached hydrogen (secondary N) is 1. The molecule has 0 saturated carbocycles. The third-order valence-corrected chi connectivity index (χ3v) is 1.65. The summed E-state index contributed by atoms with van der Waals surface area (Å²) in [4.78, 5) is 28.8. The second-order valence-electron chi connectivity index (χ2n) is 2.68. The number of aryl methyl sites for hydroxylation is 1. The van der Waals surface area contributed by atoms with Gasteiger partial charge in [-0.2, -0.15) is 0 Å². The van der Waals surface area contributed by atoms with Gasteiger partial charge in [0.2, 0.25) is 5.78 Å². The molecule has 1 aromatic rings. The lowest BCUT2D eigenvalue weighted by Gasteiger charge is -1.99. The monoisotopic (exact) mass is 196 g/mol. The molecule has 0 aliphatic carbocycles. The normalized spacial score (nSPS) is 9.79. The first-order valence-electron chi connectivity index (χ1n) is 4.42. The van der Waals surface area contributed by atoms with Crippen LogP contribution >= 0.6 is 0 Å². The Labute approximate surface area is 81.5 Å². The number of rotatable bonds is 5. The Balaban J connectivity index is 2.31. The summed E-state index contributed by atoms with van der Waals surface area (Å²) in [5.41, 5.74) is 0. The van der Waals surface area contributed by atoms with Crippen molar-refractivity contribution in [3.05, 3.63) is 18.2 Å². The second-order valence-corrected chi connectivity index (χ2v) is 2.68. The van der Waals surface area contributed by atoms with Crippen LogP contribution in [0.1, 0.15) is 19.2 Å². The van der Waals surface area contributed by atoms with Crippen molar-refractivity contribution < 1.29 is 14.3 Å². The zero-order valence-corrected chi connectivity index (χ0v) is 7.95. The van der Waals surface area contributed by atoms with Gasteiger partial charge in [0.1, 0.15) is 5.82 Å². The van der Waals surface area contributed by atoms with Crippen LogP contribution in [0.3, 0.4) is 0 Å². The number of aromatic amines is 1. The topological polar surface area (TPSA) is 72.1 Å². The van der Waals surface area contributed by atoms with Gasteiger partial charge in [0.05, 0.1) is 6.61 Å². The van der Waals surface area contributed by atoms with Gasteiger partial charge in [-0.25, -0.2) is 9.78 Å². The molecular weight excluding hydrogens is 184 g/mol. The van der Waals surface area contributed by atoms with Crippen LogP contribution in [0.4, 0.5) is 0 Å². The summed E-state index contributed by atoms with van der Waals surface area (Å²) in [5, 5.41) is 0. The number of Topliss-reactive ketones (excluding diaryl/α,β-unsaturated/α-hetero) is 1. The fourth-order valence-electron chi connectivity index (χ4n) is 0.980. The number of nitrogens with zero attached hydrogens (tertiary/aromatic N) is 1. The van der Waals surface area contributed by atoms with E-state index in [9.17, 15) is 9.59 Å². The average molecular weight is 196 g/mol. The number of hydrogen-bond acceptors (Lipinski definition) is 4. The van der Waals surface area contributed by atoms with Crippen molar-refractivity contribution >= 4 is 11.8 Å². The first-order chi connectivity index (χ1) is 6.74. The number of hydrogen-bond donors (Lipinski definition) is 1. The summed E-state index contributed by atoms with van der Waals surface area (Å²) in [6, 6.07) is 0. The van der Waals surface area contributed by atoms with E-state index in [1.165, 1.54) is 0 Å². The number of esters is 1. The highest BCUT2D eigenvalue weighted by atomic mass is 16.5. The van der Waals surface area contributed by atoms with Gasteiger partial charge in [-0.15, -0.1) is 0 Å². The van der Waals surface area contributed by atoms with Crippen LogP contribution in [-0.4, -0.2) is 28.3 Å². The molecule has 0 amide bonds. The molecule has 1 rings (SSSR count). The maximum absolute atomic E-state index is 11.1. The molecule has 5 nitrogen and oxygen atoms in total. The molecule has 1 N–H and O–H groups in total. The minimum absolute atomic E-state index is 0.131. The van der Waals surface area contributed by atoms with Crippen LogP contribution in [0, 0.1) is 0 Å². The molecule has 1 heterocycles. The fourth-order valence-corrected chi connectivity index (χ4v) is 0.980. The summed E-state index contributed by atoms with van der Waals surface area (Å²) >= 11 is 0. The molecule has 0 spiro atoms. The van der Waals surface area contributed by atoms with Crippen molar-refractivity contribution in [3.8, 4) is 0 Å². The molecule has 0 fully saturated rings. The van der Waals surface area contributed by atoms with E-state index >= 15 is 0 Å². The molecule has 0 bridgehead atoms. The van der Waals surface area contributed by atoms with Gasteiger partial charge in [0.15, 0.2) is 0 Å². The number of carbonyl (C=O) groups excluding carboxylic acids is 2. The third-order valence-electron chi connectivity index (χ3n) is 1.65. The van der Waals surface area contributed by atoms with Gasteiger partial charge in [0, 0.05) is 25.2 Å². The van der Waals surface area contributed by atoms with E-state index in [0.717, 1.165) is 0 Å². The Bertz CT molecular complexity index is 306. The Morgan fingerprint density at radius 2 is 2.36 bits per heavy atom. The number of aromatic nitrogens is 2. The third kappa shape index (κ3) is 3.01. The second kappa shape index (κ2) is 5.16. The number of ketones is 1. The maximum Gasteiger partial charge on any atom is 0.374 e. The number of carbonyl (C=O) groups is 2. The van der Waals surface area contributed by atoms with Gasteiger partial charge in [-0.1, -0.05) is 0 Å². The van der Waals surface area contributed by atoms with Crippen molar-refractivity contribution in [2.75, 3.05) is 6.61 Å². The van der Waals surface area contributed by atoms with Crippen LogP contribution in [-0.2, 0) is 20.7 Å². The van der Waals surface area contributed by atoms with E-state index in [4.69, 9.17) is 0 Å². The van der Waals surface area contributed by atoms with Gasteiger partial charge in [-0.3, -0.25) is 4.79 Å². The number of imidazole rings is 1. The Morgan fingerprint density at radius 3 is 2.93 bits per heavy atom. The lowest BCUT2D eigenvalue weighted by Crippen LogP contribution is -2.17. The zero-order valence-electron chi connectivity index (χ0n) is 7.95. The van der Waals surface area contributed by atoms with Crippen LogP contribution in [0.2, 0.25) is 0 Å². The molecule has 0 aromatic carbocycles. The summed E-state index contributed by atoms with van der Waals surface area (Å²) in [5.74, 6) is -0.579. The van der Waals surface area contributed by atoms with Crippen LogP contribution in [0.15, 0.2) is 12.4 Å². The van der Waals surface area contributed by atoms with Crippen molar-refractivity contribution in [2.45, 2.75) is 19.8 Å². The number of ether oxygens (including phenoxy) is 1. The predicted molar refractivity (Wildman–Crippen MR) is 48.5 cm³/mol. The Hall–Kier alpha value is -1.65. The van der Waals surface area contributed by atoms with E-state index in [1.807, 2.05) is 0 Å². The minimum atomic E-state index is -0.765. The molecule has 76 valence electrons. The highest BCUT2D eigenvalue weighted by Crippen LogP contribution is 1.97. The summed E-state index contributed by atoms with van der Waals surface area (Å²) in [6.45, 7) is 1.89. The van der Waals surface area contributed by atoms with E-state index in [2.05, 4.69) is 14.7 Å². The van der Waals surface area contributed by atoms with Crippen LogP contribution in [0.25, 0.3) is 0 Å². The summed E-state index contributed by atoms with van der Waals surface area (Å²) in [6.07, 6.45) is 3.84. The molecule has 0 unspecified atom stereocenters. The molecule has 0 saturated heterocycles. The fraction of sp³-hybridized carbons (Fsp3) is 0.444. The molecule has 5 heteroatoms. The van der Waals surface area contributed by atoms with Gasteiger partial charge >= 0.3 is 5.97 Å². The first-order valence-corrected chi connectivity index (χ1v) is 4.42. The first kappa shape index (κ1) is 10.4. The Kier molecular flexibility index (Phi) is 3.84. The number of H-pyrrole nitrogens is 1. The van der Waals surface area contributed by atoms with Crippen LogP contribution in [0.5, 0.6) is 0 Å². The van der Waals surface area contributed by atoms with Gasteiger partial charge < -0.3 is 9.72 Å². The molecule has 1 aromatic heterocycles. The van der Waals surface area contributed by atoms with Crippen molar-refractivity contribution in [1.82, 2.24) is 9.97 Å². The quantitative estimate of drug-likeness (QED) is 0.549. The van der Waals surface area contributed by atoms with E-state index in [1.54, 1.807) is 19.3 Å². The zero-order chi connectivity index (χ0) is 10.4. The lowest BCUT2D eigenvalue weighted by molar-refractivity contribution is -0.153. The highest BCUT2D eigenvalue weighted by Gasteiger charge is 2.14. The Morgan fingerprint density at radius 1 is 1.57 bits per heavy atom. The van der Waals surface area contributed by atoms with Crippen molar-refractivity contribution in [2.24, 2.45) is 0 Å². The van der Waals surface area contributed by atoms with Crippen molar-refractivity contribution in [1.29, 1.82) is 0 Å². The van der Waals surface area contributed by atoms with Crippen LogP contribution < -0.4 is 0 Å². The molecule has 0 aliphatic rings. The van der Waals surface area contributed by atoms with E-state index < -0.39 is 11.8 Å². The molecule has 0 atom stereocenters. The predicted octanol–water partition coefficient (Wildman–Crippen LogP) is 0.474. The molecule has 0 aliphatic heterocycles. The molecular formula is C9H12N2O3. The smallest absolute Gasteiger partial charge is 0.374 e. The van der Waals surface area contributed by atoms with Crippen molar-refractivity contribution in [3.63, 3.8) is 0 Å².